The van der Waals surface area contributed by atoms with Gasteiger partial charge in [-0.2, -0.15) is 0 Å². The van der Waals surface area contributed by atoms with Crippen molar-refractivity contribution in [1.82, 2.24) is 5.32 Å². The van der Waals surface area contributed by atoms with Gasteiger partial charge >= 0.3 is 5.00 Å². The highest BCUT2D eigenvalue weighted by molar-refractivity contribution is 7.13. The van der Waals surface area contributed by atoms with E-state index in [0.29, 0.717) is 13.0 Å². The molecule has 5 nitrogen and oxygen atoms in total. The third kappa shape index (κ3) is 4.63. The van der Waals surface area contributed by atoms with Crippen molar-refractivity contribution in [2.75, 3.05) is 13.2 Å². The van der Waals surface area contributed by atoms with Crippen molar-refractivity contribution >= 4 is 16.3 Å². The van der Waals surface area contributed by atoms with Gasteiger partial charge < -0.3 is 10.4 Å². The number of aliphatic hydroxyl groups is 1. The maximum Gasteiger partial charge on any atom is 0.324 e. The third-order valence-corrected chi connectivity index (χ3v) is 4.22. The monoisotopic (exact) mass is 306 g/mol. The lowest BCUT2D eigenvalue weighted by Gasteiger charge is -2.16. The molecule has 21 heavy (non-hydrogen) atoms. The zero-order chi connectivity index (χ0) is 15.1. The Hall–Kier alpha value is -1.76. The topological polar surface area (TPSA) is 75.4 Å². The molecule has 2 aromatic rings. The Kier molecular flexibility index (Phi) is 5.86. The molecule has 1 aromatic heterocycles. The van der Waals surface area contributed by atoms with Crippen molar-refractivity contribution in [3.8, 4) is 0 Å². The Balaban J connectivity index is 1.88. The fraction of sp³-hybridized carbons (Fsp3) is 0.333. The SMILES string of the molecule is O=[N+]([O-])c1cc(CNCC(CCO)c2ccccc2)cs1. The highest BCUT2D eigenvalue weighted by atomic mass is 32.1. The molecule has 1 unspecified atom stereocenters. The first-order valence-corrected chi connectivity index (χ1v) is 7.67. The Morgan fingerprint density at radius 1 is 1.33 bits per heavy atom. The number of rotatable bonds is 8. The van der Waals surface area contributed by atoms with Gasteiger partial charge in [-0.3, -0.25) is 10.1 Å². The van der Waals surface area contributed by atoms with Gasteiger partial charge in [0.15, 0.2) is 0 Å². The van der Waals surface area contributed by atoms with Gasteiger partial charge in [-0.05, 0) is 23.5 Å². The molecule has 0 bridgehead atoms. The molecule has 0 saturated carbocycles. The van der Waals surface area contributed by atoms with Crippen LogP contribution in [-0.4, -0.2) is 23.2 Å². The fourth-order valence-corrected chi connectivity index (χ4v) is 2.94. The van der Waals surface area contributed by atoms with Crippen LogP contribution >= 0.6 is 11.3 Å². The number of nitrogens with zero attached hydrogens (tertiary/aromatic N) is 1. The first-order chi connectivity index (χ1) is 10.2. The summed E-state index contributed by atoms with van der Waals surface area (Å²) in [6, 6.07) is 11.7. The summed E-state index contributed by atoms with van der Waals surface area (Å²) in [6.07, 6.45) is 0.695. The average molecular weight is 306 g/mol. The molecular formula is C15H18N2O3S. The number of hydrogen-bond donors (Lipinski definition) is 2. The largest absolute Gasteiger partial charge is 0.396 e. The number of aliphatic hydroxyl groups excluding tert-OH is 1. The number of benzene rings is 1. The molecule has 112 valence electrons. The van der Waals surface area contributed by atoms with E-state index in [-0.39, 0.29) is 22.4 Å². The summed E-state index contributed by atoms with van der Waals surface area (Å²) in [5.74, 6) is 0.241. The normalized spacial score (nSPS) is 12.2. The summed E-state index contributed by atoms with van der Waals surface area (Å²) in [5.41, 5.74) is 2.11. The molecule has 1 aromatic carbocycles. The Morgan fingerprint density at radius 2 is 2.10 bits per heavy atom. The molecule has 0 aliphatic carbocycles. The zero-order valence-electron chi connectivity index (χ0n) is 11.6. The third-order valence-electron chi connectivity index (χ3n) is 3.29. The van der Waals surface area contributed by atoms with E-state index < -0.39 is 0 Å². The number of hydrogen-bond acceptors (Lipinski definition) is 5. The molecule has 0 aliphatic heterocycles. The van der Waals surface area contributed by atoms with Crippen molar-refractivity contribution in [3.63, 3.8) is 0 Å². The van der Waals surface area contributed by atoms with Gasteiger partial charge in [-0.25, -0.2) is 0 Å². The lowest BCUT2D eigenvalue weighted by atomic mass is 9.96. The van der Waals surface area contributed by atoms with Crippen molar-refractivity contribution < 1.29 is 10.0 Å². The van der Waals surface area contributed by atoms with Gasteiger partial charge in [-0.1, -0.05) is 41.7 Å². The van der Waals surface area contributed by atoms with Crippen LogP contribution < -0.4 is 5.32 Å². The van der Waals surface area contributed by atoms with Gasteiger partial charge in [0.1, 0.15) is 0 Å². The minimum atomic E-state index is -0.368. The second-order valence-corrected chi connectivity index (χ2v) is 5.69. The number of nitro groups is 1. The van der Waals surface area contributed by atoms with Crippen molar-refractivity contribution in [3.05, 3.63) is 63.0 Å². The maximum absolute atomic E-state index is 10.6. The Bertz CT molecular complexity index is 571. The van der Waals surface area contributed by atoms with E-state index in [4.69, 9.17) is 0 Å². The van der Waals surface area contributed by atoms with E-state index in [1.165, 1.54) is 5.56 Å². The smallest absolute Gasteiger partial charge is 0.324 e. The van der Waals surface area contributed by atoms with Crippen molar-refractivity contribution in [2.24, 2.45) is 0 Å². The summed E-state index contributed by atoms with van der Waals surface area (Å²) in [5, 5.41) is 25.1. The minimum absolute atomic E-state index is 0.144. The molecule has 0 saturated heterocycles. The average Bonchev–Trinajstić information content (AvgIpc) is 2.96. The zero-order valence-corrected chi connectivity index (χ0v) is 12.4. The predicted molar refractivity (Wildman–Crippen MR) is 83.6 cm³/mol. The lowest BCUT2D eigenvalue weighted by molar-refractivity contribution is -0.380. The van der Waals surface area contributed by atoms with E-state index >= 15 is 0 Å². The van der Waals surface area contributed by atoms with Gasteiger partial charge in [0.25, 0.3) is 0 Å². The minimum Gasteiger partial charge on any atom is -0.396 e. The van der Waals surface area contributed by atoms with Crippen LogP contribution in [-0.2, 0) is 6.54 Å². The van der Waals surface area contributed by atoms with Crippen LogP contribution in [0.5, 0.6) is 0 Å². The molecule has 1 heterocycles. The number of nitrogens with one attached hydrogen (secondary N) is 1. The number of thiophene rings is 1. The molecule has 2 N–H and O–H groups in total. The fourth-order valence-electron chi connectivity index (χ4n) is 2.21. The highest BCUT2D eigenvalue weighted by Gasteiger charge is 2.12. The Labute approximate surface area is 127 Å². The first kappa shape index (κ1) is 15.6. The molecule has 0 amide bonds. The van der Waals surface area contributed by atoms with E-state index in [9.17, 15) is 15.2 Å². The predicted octanol–water partition coefficient (Wildman–Crippen LogP) is 2.91. The molecule has 0 spiro atoms. The molecule has 0 aliphatic rings. The molecule has 6 heteroatoms. The summed E-state index contributed by atoms with van der Waals surface area (Å²) >= 11 is 1.14. The highest BCUT2D eigenvalue weighted by Crippen LogP contribution is 2.23. The van der Waals surface area contributed by atoms with Crippen molar-refractivity contribution in [1.29, 1.82) is 0 Å². The van der Waals surface area contributed by atoms with Gasteiger partial charge in [0.2, 0.25) is 0 Å². The first-order valence-electron chi connectivity index (χ1n) is 6.79. The summed E-state index contributed by atoms with van der Waals surface area (Å²) in [7, 11) is 0. The van der Waals surface area contributed by atoms with Crippen LogP contribution in [0, 0.1) is 10.1 Å². The van der Waals surface area contributed by atoms with Crippen LogP contribution in [0.3, 0.4) is 0 Å². The second-order valence-electron chi connectivity index (χ2n) is 4.80. The van der Waals surface area contributed by atoms with Crippen LogP contribution in [0.1, 0.15) is 23.5 Å². The quantitative estimate of drug-likeness (QED) is 0.581. The van der Waals surface area contributed by atoms with E-state index in [1.807, 2.05) is 18.2 Å². The lowest BCUT2D eigenvalue weighted by Crippen LogP contribution is -2.21. The van der Waals surface area contributed by atoms with Crippen LogP contribution in [0.15, 0.2) is 41.8 Å². The van der Waals surface area contributed by atoms with Crippen molar-refractivity contribution in [2.45, 2.75) is 18.9 Å². The van der Waals surface area contributed by atoms with Crippen LogP contribution in [0.4, 0.5) is 5.00 Å². The standard InChI is InChI=1S/C15H18N2O3S/c18-7-6-14(13-4-2-1-3-5-13)10-16-9-12-8-15(17(19)20)21-11-12/h1-5,8,11,14,16,18H,6-7,9-10H2. The Morgan fingerprint density at radius 3 is 2.71 bits per heavy atom. The van der Waals surface area contributed by atoms with Crippen LogP contribution in [0.25, 0.3) is 0 Å². The van der Waals surface area contributed by atoms with Crippen LogP contribution in [0.2, 0.25) is 0 Å². The van der Waals surface area contributed by atoms with E-state index in [0.717, 1.165) is 23.4 Å². The summed E-state index contributed by atoms with van der Waals surface area (Å²) in [4.78, 5) is 10.3. The van der Waals surface area contributed by atoms with Gasteiger partial charge in [-0.15, -0.1) is 0 Å². The maximum atomic E-state index is 10.6. The molecule has 2 rings (SSSR count). The van der Waals surface area contributed by atoms with Gasteiger partial charge in [0, 0.05) is 31.1 Å². The molecule has 1 atom stereocenters. The summed E-state index contributed by atoms with van der Waals surface area (Å²) < 4.78 is 0. The molecule has 0 radical (unpaired) electrons. The summed E-state index contributed by atoms with van der Waals surface area (Å²) in [6.45, 7) is 1.47. The van der Waals surface area contributed by atoms with Gasteiger partial charge in [0.05, 0.1) is 4.92 Å². The van der Waals surface area contributed by atoms with E-state index in [1.54, 1.807) is 11.4 Å². The molecule has 0 fully saturated rings. The second kappa shape index (κ2) is 7.87. The van der Waals surface area contributed by atoms with E-state index in [2.05, 4.69) is 17.4 Å². The molecular weight excluding hydrogens is 288 g/mol.